The molecule has 8 nitrogen and oxygen atoms in total. The van der Waals surface area contributed by atoms with Gasteiger partial charge in [0.25, 0.3) is 0 Å². The Labute approximate surface area is 199 Å². The van der Waals surface area contributed by atoms with Gasteiger partial charge in [-0.05, 0) is 42.7 Å². The normalized spacial score (nSPS) is 17.8. The minimum Gasteiger partial charge on any atom is -0.382 e. The molecule has 1 aliphatic heterocycles. The number of nitrogen functional groups attached to an aromatic ring is 1. The summed E-state index contributed by atoms with van der Waals surface area (Å²) in [6.07, 6.45) is -2.73. The van der Waals surface area contributed by atoms with Crippen LogP contribution in [0.3, 0.4) is 0 Å². The average molecular weight is 533 g/mol. The summed E-state index contributed by atoms with van der Waals surface area (Å²) >= 11 is 0. The van der Waals surface area contributed by atoms with Crippen LogP contribution in [0.4, 0.5) is 23.4 Å². The second-order valence-corrected chi connectivity index (χ2v) is 12.6. The van der Waals surface area contributed by atoms with Crippen molar-refractivity contribution in [1.29, 1.82) is 0 Å². The zero-order chi connectivity index (χ0) is 25.6. The molecule has 0 amide bonds. The number of hydrogen-bond acceptors (Lipinski definition) is 8. The summed E-state index contributed by atoms with van der Waals surface area (Å²) in [5.74, 6) is -1.05. The Bertz CT molecular complexity index is 1360. The van der Waals surface area contributed by atoms with E-state index in [1.807, 2.05) is 0 Å². The molecule has 2 aromatic heterocycles. The number of nitrogens with two attached hydrogens (primary N) is 1. The van der Waals surface area contributed by atoms with Crippen LogP contribution in [0.15, 0.2) is 47.8 Å². The molecular weight excluding hydrogens is 512 g/mol. The SMILES string of the molecule is Nc1cnc(-c2ccc(-c3ccc(C(F)(F)F)nc3S(=O)(=O)C3CCS(O)(O)CC3)cc2F)cn1. The summed E-state index contributed by atoms with van der Waals surface area (Å²) in [7, 11) is -7.36. The minimum absolute atomic E-state index is 0.00505. The number of nitrogens with zero attached hydrogens (tertiary/aromatic N) is 3. The highest BCUT2D eigenvalue weighted by molar-refractivity contribution is 8.24. The molecule has 1 aliphatic rings. The summed E-state index contributed by atoms with van der Waals surface area (Å²) in [6, 6.07) is 5.19. The van der Waals surface area contributed by atoms with E-state index < -0.39 is 48.4 Å². The molecule has 1 fully saturated rings. The molecule has 1 aromatic carbocycles. The predicted molar refractivity (Wildman–Crippen MR) is 123 cm³/mol. The van der Waals surface area contributed by atoms with E-state index in [2.05, 4.69) is 15.0 Å². The molecule has 188 valence electrons. The van der Waals surface area contributed by atoms with Crippen LogP contribution in [0, 0.1) is 5.82 Å². The third-order valence-electron chi connectivity index (χ3n) is 5.62. The number of hydrogen-bond donors (Lipinski definition) is 3. The molecule has 0 unspecified atom stereocenters. The predicted octanol–water partition coefficient (Wildman–Crippen LogP) is 4.63. The van der Waals surface area contributed by atoms with Gasteiger partial charge in [0.1, 0.15) is 17.3 Å². The van der Waals surface area contributed by atoms with Crippen LogP contribution in [0.2, 0.25) is 0 Å². The number of sulfone groups is 1. The average Bonchev–Trinajstić information content (AvgIpc) is 2.78. The van der Waals surface area contributed by atoms with Gasteiger partial charge in [0.15, 0.2) is 14.9 Å². The standard InChI is InChI=1S/C21H20F4N4O4S2/c22-16-9-12(1-2-15(16)17-10-28-19(26)11-27-17)14-3-4-18(21(23,24)25)29-20(14)35(32,33)13-5-7-34(30,31)8-6-13/h1-4,9-11,13,30-31H,5-8H2,(H2,26,28). The highest BCUT2D eigenvalue weighted by Gasteiger charge is 2.39. The molecule has 4 N–H and O–H groups in total. The van der Waals surface area contributed by atoms with Crippen molar-refractivity contribution in [3.05, 3.63) is 54.2 Å². The van der Waals surface area contributed by atoms with Crippen molar-refractivity contribution in [2.75, 3.05) is 17.2 Å². The lowest BCUT2D eigenvalue weighted by Crippen LogP contribution is -2.32. The van der Waals surface area contributed by atoms with Crippen molar-refractivity contribution < 1.29 is 35.1 Å². The van der Waals surface area contributed by atoms with Gasteiger partial charge in [-0.15, -0.1) is 0 Å². The second-order valence-electron chi connectivity index (χ2n) is 8.02. The fourth-order valence-corrected chi connectivity index (χ4v) is 7.47. The minimum atomic E-state index is -4.91. The molecule has 3 aromatic rings. The monoisotopic (exact) mass is 532 g/mol. The molecule has 0 bridgehead atoms. The summed E-state index contributed by atoms with van der Waals surface area (Å²) in [6.45, 7) is 0. The van der Waals surface area contributed by atoms with E-state index >= 15 is 0 Å². The number of anilines is 1. The van der Waals surface area contributed by atoms with Gasteiger partial charge in [-0.1, -0.05) is 6.07 Å². The van der Waals surface area contributed by atoms with Crippen LogP contribution >= 0.6 is 10.6 Å². The van der Waals surface area contributed by atoms with E-state index in [0.29, 0.717) is 6.07 Å². The van der Waals surface area contributed by atoms with Gasteiger partial charge in [-0.2, -0.15) is 23.8 Å². The zero-order valence-electron chi connectivity index (χ0n) is 17.9. The Hall–Kier alpha value is -2.81. The van der Waals surface area contributed by atoms with Gasteiger partial charge >= 0.3 is 6.18 Å². The first-order chi connectivity index (χ1) is 16.3. The quantitative estimate of drug-likeness (QED) is 0.413. The third-order valence-corrected chi connectivity index (χ3v) is 9.60. The van der Waals surface area contributed by atoms with Crippen molar-refractivity contribution in [1.82, 2.24) is 15.0 Å². The lowest BCUT2D eigenvalue weighted by atomic mass is 10.0. The summed E-state index contributed by atoms with van der Waals surface area (Å²) in [4.78, 5) is 11.3. The number of benzene rings is 1. The zero-order valence-corrected chi connectivity index (χ0v) is 19.5. The van der Waals surface area contributed by atoms with Crippen LogP contribution in [0.1, 0.15) is 18.5 Å². The van der Waals surface area contributed by atoms with Gasteiger partial charge in [0.05, 0.1) is 23.3 Å². The fraction of sp³-hybridized carbons (Fsp3) is 0.286. The van der Waals surface area contributed by atoms with E-state index in [1.165, 1.54) is 24.5 Å². The highest BCUT2D eigenvalue weighted by atomic mass is 32.3. The molecule has 0 saturated carbocycles. The molecule has 3 heterocycles. The van der Waals surface area contributed by atoms with Gasteiger partial charge in [0.2, 0.25) is 0 Å². The Balaban J connectivity index is 1.81. The van der Waals surface area contributed by atoms with Crippen molar-refractivity contribution in [2.24, 2.45) is 0 Å². The number of aromatic nitrogens is 3. The van der Waals surface area contributed by atoms with E-state index in [1.54, 1.807) is 0 Å². The maximum atomic E-state index is 15.0. The first-order valence-electron chi connectivity index (χ1n) is 10.2. The highest BCUT2D eigenvalue weighted by Crippen LogP contribution is 2.46. The van der Waals surface area contributed by atoms with Gasteiger partial charge in [-0.3, -0.25) is 14.1 Å². The first-order valence-corrected chi connectivity index (χ1v) is 13.6. The van der Waals surface area contributed by atoms with Crippen LogP contribution in [0.5, 0.6) is 0 Å². The van der Waals surface area contributed by atoms with Crippen molar-refractivity contribution in [2.45, 2.75) is 29.3 Å². The van der Waals surface area contributed by atoms with Crippen LogP contribution in [0.25, 0.3) is 22.4 Å². The van der Waals surface area contributed by atoms with E-state index in [4.69, 9.17) is 5.73 Å². The smallest absolute Gasteiger partial charge is 0.382 e. The molecular formula is C21H20F4N4O4S2. The molecule has 0 spiro atoms. The third kappa shape index (κ3) is 5.24. The van der Waals surface area contributed by atoms with E-state index in [0.717, 1.165) is 12.1 Å². The maximum Gasteiger partial charge on any atom is 0.433 e. The first kappa shape index (κ1) is 25.3. The maximum absolute atomic E-state index is 15.0. The number of rotatable bonds is 4. The fourth-order valence-electron chi connectivity index (χ4n) is 3.76. The largest absolute Gasteiger partial charge is 0.433 e. The summed E-state index contributed by atoms with van der Waals surface area (Å²) in [5, 5.41) is -2.00. The van der Waals surface area contributed by atoms with Crippen molar-refractivity contribution >= 4 is 26.2 Å². The van der Waals surface area contributed by atoms with Crippen molar-refractivity contribution in [3.8, 4) is 22.4 Å². The molecule has 0 atom stereocenters. The second kappa shape index (κ2) is 9.00. The Kier molecular flexibility index (Phi) is 6.51. The summed E-state index contributed by atoms with van der Waals surface area (Å²) in [5.41, 5.74) is 4.05. The molecule has 4 rings (SSSR count). The molecule has 14 heteroatoms. The number of halogens is 4. The van der Waals surface area contributed by atoms with E-state index in [-0.39, 0.29) is 52.5 Å². The van der Waals surface area contributed by atoms with Crippen molar-refractivity contribution in [3.63, 3.8) is 0 Å². The van der Waals surface area contributed by atoms with Gasteiger partial charge < -0.3 is 5.73 Å². The lowest BCUT2D eigenvalue weighted by molar-refractivity contribution is -0.141. The van der Waals surface area contributed by atoms with Crippen LogP contribution < -0.4 is 5.73 Å². The van der Waals surface area contributed by atoms with Gasteiger partial charge in [-0.25, -0.2) is 22.8 Å². The Morgan fingerprint density at radius 3 is 2.23 bits per heavy atom. The number of alkyl halides is 3. The Morgan fingerprint density at radius 1 is 1.00 bits per heavy atom. The topological polar surface area (TPSA) is 139 Å². The van der Waals surface area contributed by atoms with E-state index in [9.17, 15) is 35.1 Å². The molecule has 1 saturated heterocycles. The van der Waals surface area contributed by atoms with Gasteiger partial charge in [0, 0.05) is 22.6 Å². The number of pyridine rings is 1. The van der Waals surface area contributed by atoms with Crippen LogP contribution in [-0.2, 0) is 16.0 Å². The summed E-state index contributed by atoms with van der Waals surface area (Å²) < 4.78 is 101. The lowest BCUT2D eigenvalue weighted by Gasteiger charge is -2.38. The molecule has 35 heavy (non-hydrogen) atoms. The Morgan fingerprint density at radius 2 is 1.66 bits per heavy atom. The molecule has 0 aliphatic carbocycles. The molecule has 0 radical (unpaired) electrons. The van der Waals surface area contributed by atoms with Crippen LogP contribution in [-0.4, -0.2) is 49.2 Å².